The summed E-state index contributed by atoms with van der Waals surface area (Å²) in [5.74, 6) is -21.6. The van der Waals surface area contributed by atoms with E-state index in [-0.39, 0.29) is 0 Å². The van der Waals surface area contributed by atoms with E-state index in [2.05, 4.69) is 0 Å². The minimum absolute atomic E-state index is 2.23. The van der Waals surface area contributed by atoms with E-state index in [1.807, 2.05) is 0 Å². The van der Waals surface area contributed by atoms with E-state index >= 15 is 0 Å². The first-order valence-electron chi connectivity index (χ1n) is 4.55. The molecule has 0 aliphatic heterocycles. The van der Waals surface area contributed by atoms with Gasteiger partial charge in [-0.2, -0.15) is 43.9 Å². The van der Waals surface area contributed by atoms with E-state index in [1.165, 1.54) is 0 Å². The van der Waals surface area contributed by atoms with Crippen molar-refractivity contribution in [3.05, 3.63) is 18.0 Å². The van der Waals surface area contributed by atoms with Crippen LogP contribution >= 0.6 is 0 Å². The van der Waals surface area contributed by atoms with Crippen LogP contribution < -0.4 is 4.57 Å². The van der Waals surface area contributed by atoms with Gasteiger partial charge >= 0.3 is 42.0 Å². The summed E-state index contributed by atoms with van der Waals surface area (Å²) in [6.07, 6.45) is -10.8. The highest BCUT2D eigenvalue weighted by molar-refractivity contribution is 4.94. The summed E-state index contributed by atoms with van der Waals surface area (Å²) in [6, 6.07) is -7.02. The Hall–Kier alpha value is -1.70. The zero-order chi connectivity index (χ0) is 17.9. The summed E-state index contributed by atoms with van der Waals surface area (Å²) in [7, 11) is 0. The van der Waals surface area contributed by atoms with Crippen LogP contribution in [-0.4, -0.2) is 22.8 Å². The van der Waals surface area contributed by atoms with Gasteiger partial charge in [0.05, 0.1) is 0 Å². The molecule has 2 nitrogen and oxygen atoms in total. The first-order valence-corrected chi connectivity index (χ1v) is 4.55. The molecule has 0 amide bonds. The molecule has 0 aromatic carbocycles. The zero-order valence-corrected chi connectivity index (χ0v) is 9.31. The van der Waals surface area contributed by atoms with E-state index < -0.39 is 51.4 Å². The average molecular weight is 359 g/mol. The fourth-order valence-electron chi connectivity index (χ4n) is 1.17. The maximum atomic E-state index is 13.1. The Morgan fingerprint density at radius 2 is 1.14 bits per heavy atom. The minimum Gasteiger partial charge on any atom is -0.189 e. The second-order valence-corrected chi connectivity index (χ2v) is 3.65. The smallest absolute Gasteiger partial charge is 0.189 e. The summed E-state index contributed by atoms with van der Waals surface area (Å²) in [4.78, 5) is -2.23. The molecule has 0 atom stereocenters. The normalized spacial score (nSPS) is 14.6. The molecule has 1 rings (SSSR count). The standard InChI is InChI=1S/C7F13N2/c8-1-2(9)22(20)3(10)21(1)7(18,19)5(13,14)4(11,12)6(15,16)17/q+1. The highest BCUT2D eigenvalue weighted by Gasteiger charge is 2.85. The molecule has 1 aromatic rings. The molecular weight excluding hydrogens is 359 g/mol. The lowest BCUT2D eigenvalue weighted by molar-refractivity contribution is -0.885. The molecule has 0 spiro atoms. The van der Waals surface area contributed by atoms with Crippen LogP contribution in [0.4, 0.5) is 57.2 Å². The highest BCUT2D eigenvalue weighted by atomic mass is 19.4. The van der Waals surface area contributed by atoms with Gasteiger partial charge in [0.15, 0.2) is 0 Å². The predicted molar refractivity (Wildman–Crippen MR) is 37.1 cm³/mol. The van der Waals surface area contributed by atoms with E-state index in [4.69, 9.17) is 0 Å². The van der Waals surface area contributed by atoms with E-state index in [0.717, 1.165) is 0 Å². The molecular formula is C7F13N2+. The monoisotopic (exact) mass is 359 g/mol. The van der Waals surface area contributed by atoms with Gasteiger partial charge in [-0.25, -0.2) is 0 Å². The van der Waals surface area contributed by atoms with Crippen molar-refractivity contribution in [3.63, 3.8) is 0 Å². The topological polar surface area (TPSA) is 8.81 Å². The van der Waals surface area contributed by atoms with Crippen LogP contribution in [0.3, 0.4) is 0 Å². The largest absolute Gasteiger partial charge is 0.493 e. The van der Waals surface area contributed by atoms with Crippen molar-refractivity contribution in [1.82, 2.24) is 4.79 Å². The maximum Gasteiger partial charge on any atom is 0.493 e. The number of halogens is 13. The Kier molecular flexibility index (Phi) is 3.87. The Balaban J connectivity index is 3.63. The summed E-state index contributed by atoms with van der Waals surface area (Å²) in [5.41, 5.74) is 0. The highest BCUT2D eigenvalue weighted by Crippen LogP contribution is 2.53. The molecule has 15 heteroatoms. The Morgan fingerprint density at radius 1 is 0.727 bits per heavy atom. The van der Waals surface area contributed by atoms with Crippen LogP contribution in [-0.2, 0) is 6.05 Å². The maximum absolute atomic E-state index is 13.1. The van der Waals surface area contributed by atoms with E-state index in [9.17, 15) is 57.2 Å². The molecule has 1 heterocycles. The van der Waals surface area contributed by atoms with Crippen LogP contribution in [0.2, 0.25) is 0 Å². The fraction of sp³-hybridized carbons (Fsp3) is 0.571. The van der Waals surface area contributed by atoms with E-state index in [0.29, 0.717) is 0 Å². The van der Waals surface area contributed by atoms with Gasteiger partial charge in [-0.15, -0.1) is 8.78 Å². The molecule has 1 aromatic heterocycles. The number of nitrogens with zero attached hydrogens (tertiary/aromatic N) is 2. The first kappa shape index (κ1) is 18.3. The molecule has 0 fully saturated rings. The summed E-state index contributed by atoms with van der Waals surface area (Å²) in [6.45, 7) is 0. The third kappa shape index (κ3) is 2.08. The van der Waals surface area contributed by atoms with Crippen molar-refractivity contribution in [1.29, 1.82) is 0 Å². The molecule has 0 radical (unpaired) electrons. The molecule has 128 valence electrons. The molecule has 0 aliphatic carbocycles. The zero-order valence-electron chi connectivity index (χ0n) is 9.31. The number of alkyl halides is 9. The molecule has 22 heavy (non-hydrogen) atoms. The van der Waals surface area contributed by atoms with Crippen LogP contribution in [0.25, 0.3) is 0 Å². The van der Waals surface area contributed by atoms with Crippen LogP contribution in [0.15, 0.2) is 0 Å². The molecule has 0 aliphatic rings. The minimum atomic E-state index is -7.49. The second kappa shape index (κ2) is 4.65. The van der Waals surface area contributed by atoms with Gasteiger partial charge in [-0.1, -0.05) is 4.57 Å². The number of hydrogen-bond acceptors (Lipinski definition) is 0. The van der Waals surface area contributed by atoms with Crippen molar-refractivity contribution < 1.29 is 61.7 Å². The predicted octanol–water partition coefficient (Wildman–Crippen LogP) is 3.31. The Labute approximate surface area is 110 Å². The number of hydrogen-bond donors (Lipinski definition) is 0. The molecule has 0 N–H and O–H groups in total. The number of aromatic nitrogens is 2. The van der Waals surface area contributed by atoms with Crippen LogP contribution in [0.5, 0.6) is 0 Å². The number of rotatable bonds is 3. The average Bonchev–Trinajstić information content (AvgIpc) is 2.52. The summed E-state index contributed by atoms with van der Waals surface area (Å²) < 4.78 is 160. The molecule has 0 saturated carbocycles. The van der Waals surface area contributed by atoms with Gasteiger partial charge in [0, 0.05) is 9.27 Å². The van der Waals surface area contributed by atoms with Crippen LogP contribution in [0.1, 0.15) is 0 Å². The third-order valence-corrected chi connectivity index (χ3v) is 2.29. The van der Waals surface area contributed by atoms with Gasteiger partial charge in [0.25, 0.3) is 0 Å². The molecule has 0 bridgehead atoms. The lowest BCUT2D eigenvalue weighted by Gasteiger charge is -2.30. The third-order valence-electron chi connectivity index (χ3n) is 2.29. The second-order valence-electron chi connectivity index (χ2n) is 3.65. The fourth-order valence-corrected chi connectivity index (χ4v) is 1.17. The van der Waals surface area contributed by atoms with Gasteiger partial charge in [-0.05, 0) is 0 Å². The SMILES string of the molecule is Fc1c(F)[n+](C(F)(F)C(F)(F)C(F)(F)C(F)(F)F)c(F)n1F. The summed E-state index contributed by atoms with van der Waals surface area (Å²) >= 11 is 0. The lowest BCUT2D eigenvalue weighted by atomic mass is 10.1. The molecule has 0 saturated heterocycles. The van der Waals surface area contributed by atoms with Crippen molar-refractivity contribution in [2.75, 3.05) is 0 Å². The van der Waals surface area contributed by atoms with Gasteiger partial charge in [0.1, 0.15) is 0 Å². The quantitative estimate of drug-likeness (QED) is 0.579. The van der Waals surface area contributed by atoms with Crippen molar-refractivity contribution in [2.24, 2.45) is 0 Å². The molecule has 0 unspecified atom stereocenters. The van der Waals surface area contributed by atoms with Crippen molar-refractivity contribution >= 4 is 0 Å². The lowest BCUT2D eigenvalue weighted by Crippen LogP contribution is -2.71. The Bertz CT molecular complexity index is 557. The van der Waals surface area contributed by atoms with Crippen LogP contribution in [0, 0.1) is 18.0 Å². The summed E-state index contributed by atoms with van der Waals surface area (Å²) in [5, 5.41) is 0. The van der Waals surface area contributed by atoms with Crippen molar-refractivity contribution in [2.45, 2.75) is 24.1 Å². The van der Waals surface area contributed by atoms with E-state index in [1.54, 1.807) is 0 Å². The van der Waals surface area contributed by atoms with Gasteiger partial charge in [-0.3, -0.25) is 0 Å². The first-order chi connectivity index (χ1) is 9.51. The van der Waals surface area contributed by atoms with Crippen molar-refractivity contribution in [3.8, 4) is 0 Å². The number of imidazole rings is 1. The Morgan fingerprint density at radius 3 is 1.41 bits per heavy atom. The van der Waals surface area contributed by atoms with Gasteiger partial charge < -0.3 is 0 Å². The van der Waals surface area contributed by atoms with Gasteiger partial charge in [0.2, 0.25) is 0 Å².